The first kappa shape index (κ1) is 15.9. The van der Waals surface area contributed by atoms with Gasteiger partial charge >= 0.3 is 0 Å². The number of amides is 1. The van der Waals surface area contributed by atoms with Gasteiger partial charge in [-0.15, -0.1) is 11.3 Å². The lowest BCUT2D eigenvalue weighted by molar-refractivity contribution is -0.117. The molecule has 1 aliphatic rings. The molecule has 114 valence electrons. The van der Waals surface area contributed by atoms with Gasteiger partial charge in [0.15, 0.2) is 0 Å². The van der Waals surface area contributed by atoms with Gasteiger partial charge < -0.3 is 15.4 Å². The number of carbonyl (C=O) groups is 1. The molecule has 1 aromatic rings. The quantitative estimate of drug-likeness (QED) is 0.815. The summed E-state index contributed by atoms with van der Waals surface area (Å²) in [5, 5.41) is 17.3. The van der Waals surface area contributed by atoms with Crippen LogP contribution in [-0.4, -0.2) is 56.7 Å². The van der Waals surface area contributed by atoms with Gasteiger partial charge in [-0.25, -0.2) is 0 Å². The maximum Gasteiger partial charge on any atom is 0.226 e. The molecule has 7 heteroatoms. The lowest BCUT2D eigenvalue weighted by Crippen LogP contribution is -2.46. The van der Waals surface area contributed by atoms with Crippen molar-refractivity contribution in [2.45, 2.75) is 12.5 Å². The Morgan fingerprint density at radius 3 is 3.29 bits per heavy atom. The van der Waals surface area contributed by atoms with Crippen LogP contribution in [0.4, 0.5) is 5.00 Å². The summed E-state index contributed by atoms with van der Waals surface area (Å²) >= 11 is 1.37. The number of rotatable bonds is 6. The Hall–Kier alpha value is -1.46. The van der Waals surface area contributed by atoms with Crippen LogP contribution >= 0.6 is 11.3 Å². The Balaban J connectivity index is 1.75. The predicted octanol–water partition coefficient (Wildman–Crippen LogP) is 0.869. The Bertz CT molecular complexity index is 509. The van der Waals surface area contributed by atoms with Crippen molar-refractivity contribution in [1.29, 1.82) is 5.26 Å². The molecule has 0 aromatic carbocycles. The van der Waals surface area contributed by atoms with Crippen LogP contribution in [0.2, 0.25) is 0 Å². The molecule has 2 N–H and O–H groups in total. The van der Waals surface area contributed by atoms with Gasteiger partial charge in [0.2, 0.25) is 5.91 Å². The third-order valence-electron chi connectivity index (χ3n) is 3.35. The van der Waals surface area contributed by atoms with Crippen LogP contribution in [0.25, 0.3) is 0 Å². The van der Waals surface area contributed by atoms with E-state index in [-0.39, 0.29) is 12.0 Å². The van der Waals surface area contributed by atoms with Crippen molar-refractivity contribution in [2.24, 2.45) is 0 Å². The van der Waals surface area contributed by atoms with Crippen molar-refractivity contribution >= 4 is 22.2 Å². The topological polar surface area (TPSA) is 77.4 Å². The van der Waals surface area contributed by atoms with Gasteiger partial charge in [-0.3, -0.25) is 9.69 Å². The van der Waals surface area contributed by atoms with Crippen LogP contribution in [0, 0.1) is 11.3 Å². The van der Waals surface area contributed by atoms with E-state index in [1.54, 1.807) is 11.4 Å². The van der Waals surface area contributed by atoms with E-state index in [0.29, 0.717) is 30.1 Å². The normalized spacial score (nSPS) is 19.1. The Labute approximate surface area is 128 Å². The summed E-state index contributed by atoms with van der Waals surface area (Å²) in [6, 6.07) is 3.78. The van der Waals surface area contributed by atoms with E-state index in [1.807, 2.05) is 7.05 Å². The van der Waals surface area contributed by atoms with Gasteiger partial charge in [0.05, 0.1) is 18.3 Å². The second-order valence-corrected chi connectivity index (χ2v) is 5.84. The highest BCUT2D eigenvalue weighted by atomic mass is 32.1. The highest BCUT2D eigenvalue weighted by Crippen LogP contribution is 2.22. The van der Waals surface area contributed by atoms with E-state index in [0.717, 1.165) is 19.6 Å². The lowest BCUT2D eigenvalue weighted by Gasteiger charge is -2.32. The predicted molar refractivity (Wildman–Crippen MR) is 82.4 cm³/mol. The average molecular weight is 308 g/mol. The van der Waals surface area contributed by atoms with Crippen LogP contribution in [-0.2, 0) is 9.53 Å². The van der Waals surface area contributed by atoms with Gasteiger partial charge in [-0.05, 0) is 18.5 Å². The molecule has 2 rings (SSSR count). The fraction of sp³-hybridized carbons (Fsp3) is 0.571. The van der Waals surface area contributed by atoms with E-state index in [1.165, 1.54) is 11.3 Å². The van der Waals surface area contributed by atoms with Crippen LogP contribution in [0.1, 0.15) is 12.0 Å². The van der Waals surface area contributed by atoms with Crippen molar-refractivity contribution in [2.75, 3.05) is 45.2 Å². The lowest BCUT2D eigenvalue weighted by atomic mass is 10.2. The van der Waals surface area contributed by atoms with E-state index < -0.39 is 0 Å². The molecule has 21 heavy (non-hydrogen) atoms. The average Bonchev–Trinajstić information content (AvgIpc) is 2.93. The van der Waals surface area contributed by atoms with Gasteiger partial charge in [-0.2, -0.15) is 5.26 Å². The standard InChI is InChI=1S/C14H20N4O2S/c1-16-9-12-10-18(5-6-20-12)4-2-13(19)17-14-11(8-15)3-7-21-14/h3,7,12,16H,2,4-6,9-10H2,1H3,(H,17,19). The summed E-state index contributed by atoms with van der Waals surface area (Å²) in [7, 11) is 1.91. The van der Waals surface area contributed by atoms with Crippen molar-refractivity contribution in [3.05, 3.63) is 17.0 Å². The third-order valence-corrected chi connectivity index (χ3v) is 4.18. The molecule has 2 heterocycles. The maximum atomic E-state index is 11.9. The minimum absolute atomic E-state index is 0.0504. The van der Waals surface area contributed by atoms with Gasteiger partial charge in [0.25, 0.3) is 0 Å². The van der Waals surface area contributed by atoms with Crippen LogP contribution < -0.4 is 10.6 Å². The zero-order valence-electron chi connectivity index (χ0n) is 12.1. The SMILES string of the molecule is CNCC1CN(CCC(=O)Nc2sccc2C#N)CCO1. The second kappa shape index (κ2) is 8.10. The van der Waals surface area contributed by atoms with Crippen LogP contribution in [0.3, 0.4) is 0 Å². The molecule has 6 nitrogen and oxygen atoms in total. The summed E-state index contributed by atoms with van der Waals surface area (Å²) in [6.07, 6.45) is 0.615. The summed E-state index contributed by atoms with van der Waals surface area (Å²) in [5.41, 5.74) is 0.522. The molecule has 0 aliphatic carbocycles. The number of nitrogens with one attached hydrogen (secondary N) is 2. The number of morpholine rings is 1. The number of hydrogen-bond acceptors (Lipinski definition) is 6. The molecule has 1 fully saturated rings. The fourth-order valence-electron chi connectivity index (χ4n) is 2.28. The van der Waals surface area contributed by atoms with Gasteiger partial charge in [0, 0.05) is 32.6 Å². The minimum atomic E-state index is -0.0504. The Morgan fingerprint density at radius 1 is 1.67 bits per heavy atom. The highest BCUT2D eigenvalue weighted by molar-refractivity contribution is 7.14. The number of ether oxygens (including phenoxy) is 1. The first-order valence-electron chi connectivity index (χ1n) is 6.99. The zero-order valence-corrected chi connectivity index (χ0v) is 12.9. The molecule has 0 radical (unpaired) electrons. The first-order chi connectivity index (χ1) is 10.2. The first-order valence-corrected chi connectivity index (χ1v) is 7.87. The number of hydrogen-bond donors (Lipinski definition) is 2. The fourth-order valence-corrected chi connectivity index (χ4v) is 3.03. The smallest absolute Gasteiger partial charge is 0.226 e. The molecule has 1 unspecified atom stereocenters. The number of anilines is 1. The maximum absolute atomic E-state index is 11.9. The van der Waals surface area contributed by atoms with E-state index in [2.05, 4.69) is 21.6 Å². The molecule has 0 saturated carbocycles. The summed E-state index contributed by atoms with van der Waals surface area (Å²) in [6.45, 7) is 3.94. The summed E-state index contributed by atoms with van der Waals surface area (Å²) < 4.78 is 5.63. The number of thiophene rings is 1. The molecular weight excluding hydrogens is 288 g/mol. The second-order valence-electron chi connectivity index (χ2n) is 4.92. The van der Waals surface area contributed by atoms with Crippen LogP contribution in [0.5, 0.6) is 0 Å². The summed E-state index contributed by atoms with van der Waals surface area (Å²) in [4.78, 5) is 14.2. The van der Waals surface area contributed by atoms with Crippen LogP contribution in [0.15, 0.2) is 11.4 Å². The van der Waals surface area contributed by atoms with Crippen molar-refractivity contribution in [3.8, 4) is 6.07 Å². The minimum Gasteiger partial charge on any atom is -0.374 e. The summed E-state index contributed by atoms with van der Waals surface area (Å²) in [5.74, 6) is -0.0504. The van der Waals surface area contributed by atoms with E-state index in [9.17, 15) is 4.79 Å². The molecule has 1 atom stereocenters. The molecule has 1 aromatic heterocycles. The largest absolute Gasteiger partial charge is 0.374 e. The molecule has 0 bridgehead atoms. The number of carbonyl (C=O) groups excluding carboxylic acids is 1. The number of nitriles is 1. The Morgan fingerprint density at radius 2 is 2.52 bits per heavy atom. The number of nitrogens with zero attached hydrogens (tertiary/aromatic N) is 2. The number of likely N-dealkylation sites (N-methyl/N-ethyl adjacent to an activating group) is 1. The molecule has 1 amide bonds. The van der Waals surface area contributed by atoms with Gasteiger partial charge in [-0.1, -0.05) is 0 Å². The molecule has 1 aliphatic heterocycles. The monoisotopic (exact) mass is 308 g/mol. The van der Waals surface area contributed by atoms with Gasteiger partial charge in [0.1, 0.15) is 11.1 Å². The molecule has 1 saturated heterocycles. The zero-order chi connectivity index (χ0) is 15.1. The van der Waals surface area contributed by atoms with E-state index in [4.69, 9.17) is 10.00 Å². The molecular formula is C14H20N4O2S. The van der Waals surface area contributed by atoms with Crippen molar-refractivity contribution < 1.29 is 9.53 Å². The van der Waals surface area contributed by atoms with Crippen molar-refractivity contribution in [3.63, 3.8) is 0 Å². The molecule has 0 spiro atoms. The van der Waals surface area contributed by atoms with Crippen molar-refractivity contribution in [1.82, 2.24) is 10.2 Å². The highest BCUT2D eigenvalue weighted by Gasteiger charge is 2.20. The third kappa shape index (κ3) is 4.79. The Kier molecular flexibility index (Phi) is 6.14. The van der Waals surface area contributed by atoms with E-state index >= 15 is 0 Å².